The largest absolute Gasteiger partial charge is 0.476 e. The number of nitrogens with two attached hydrogens (primary N) is 1. The predicted octanol–water partition coefficient (Wildman–Crippen LogP) is 4.63. The van der Waals surface area contributed by atoms with Gasteiger partial charge in [-0.15, -0.1) is 0 Å². The first-order valence-electron chi connectivity index (χ1n) is 14.2. The van der Waals surface area contributed by atoms with Crippen molar-refractivity contribution in [1.82, 2.24) is 19.4 Å². The molecular weight excluding hydrogens is 603 g/mol. The van der Waals surface area contributed by atoms with Gasteiger partial charge >= 0.3 is 0 Å². The van der Waals surface area contributed by atoms with E-state index in [-0.39, 0.29) is 11.6 Å². The molecule has 1 saturated heterocycles. The standard InChI is InChI=1S/C31H32BrFN6O3/c32-22-6-4-5-21(15-22)31(29(34)41)17-24(18-31)39-26-16-27(42-14-13-38-11-2-1-3-12-38)35-19-25(26)36-30(39)37-28(40)20-7-9-23(33)10-8-20/h4-10,15-16,19,24H,1-3,11-14,17-18H2,(H2,34,41)(H,36,37,40)/t24-,31-. The second kappa shape index (κ2) is 11.8. The minimum absolute atomic E-state index is 0.186. The number of ether oxygens (including phenoxy) is 1. The molecule has 42 heavy (non-hydrogen) atoms. The number of nitrogens with zero attached hydrogens (tertiary/aromatic N) is 4. The molecule has 6 rings (SSSR count). The fraction of sp³-hybridized carbons (Fsp3) is 0.355. The van der Waals surface area contributed by atoms with Gasteiger partial charge in [-0.25, -0.2) is 9.37 Å². The summed E-state index contributed by atoms with van der Waals surface area (Å²) in [4.78, 5) is 40.4. The number of H-pyrrole nitrogens is 1. The lowest BCUT2D eigenvalue weighted by molar-refractivity contribution is -0.128. The van der Waals surface area contributed by atoms with E-state index in [1.165, 1.54) is 43.5 Å². The Morgan fingerprint density at radius 3 is 2.60 bits per heavy atom. The zero-order valence-corrected chi connectivity index (χ0v) is 24.6. The second-order valence-electron chi connectivity index (χ2n) is 11.1. The SMILES string of the molecule is NC(=O)[C@]1(c2cccc(Br)c2)C[C@@H](n2/c(=N/C(=O)c3ccc(F)cc3)[nH]c3cnc(OCCN4CCCCC4)cc32)C1. The number of nitrogens with one attached hydrogen (secondary N) is 1. The molecule has 218 valence electrons. The molecule has 11 heteroatoms. The van der Waals surface area contributed by atoms with Crippen molar-refractivity contribution in [2.45, 2.75) is 43.6 Å². The third-order valence-corrected chi connectivity index (χ3v) is 8.87. The number of rotatable bonds is 8. The number of halogens is 2. The molecule has 2 amide bonds. The maximum absolute atomic E-state index is 13.5. The fourth-order valence-electron chi connectivity index (χ4n) is 6.06. The van der Waals surface area contributed by atoms with Gasteiger partial charge < -0.3 is 20.0 Å². The van der Waals surface area contributed by atoms with Crippen LogP contribution in [0.2, 0.25) is 0 Å². The van der Waals surface area contributed by atoms with E-state index in [1.807, 2.05) is 34.9 Å². The molecule has 0 unspecified atom stereocenters. The quantitative estimate of drug-likeness (QED) is 0.293. The summed E-state index contributed by atoms with van der Waals surface area (Å²) >= 11 is 3.50. The summed E-state index contributed by atoms with van der Waals surface area (Å²) in [5.41, 5.74) is 7.95. The number of imidazole rings is 1. The van der Waals surface area contributed by atoms with Gasteiger partial charge in [-0.1, -0.05) is 34.5 Å². The van der Waals surface area contributed by atoms with E-state index in [1.54, 1.807) is 6.20 Å². The van der Waals surface area contributed by atoms with Gasteiger partial charge in [0.25, 0.3) is 5.91 Å². The minimum atomic E-state index is -0.857. The Kier molecular flexibility index (Phi) is 7.96. The van der Waals surface area contributed by atoms with Gasteiger partial charge in [-0.3, -0.25) is 14.5 Å². The summed E-state index contributed by atoms with van der Waals surface area (Å²) in [5, 5.41) is 0. The average molecular weight is 636 g/mol. The van der Waals surface area contributed by atoms with Crippen LogP contribution < -0.4 is 16.1 Å². The lowest BCUT2D eigenvalue weighted by Gasteiger charge is -2.46. The molecule has 2 aromatic carbocycles. The van der Waals surface area contributed by atoms with Crippen LogP contribution in [0.3, 0.4) is 0 Å². The van der Waals surface area contributed by atoms with Crippen molar-refractivity contribution in [3.05, 3.63) is 87.8 Å². The van der Waals surface area contributed by atoms with Crippen LogP contribution in [0.25, 0.3) is 11.0 Å². The summed E-state index contributed by atoms with van der Waals surface area (Å²) < 4.78 is 22.3. The van der Waals surface area contributed by atoms with Crippen LogP contribution in [0.5, 0.6) is 5.88 Å². The number of carbonyl (C=O) groups excluding carboxylic acids is 2. The zero-order chi connectivity index (χ0) is 29.3. The Labute approximate surface area is 250 Å². The molecule has 0 radical (unpaired) electrons. The Morgan fingerprint density at radius 1 is 1.12 bits per heavy atom. The van der Waals surface area contributed by atoms with Crippen LogP contribution in [0, 0.1) is 5.82 Å². The molecule has 2 fully saturated rings. The molecule has 0 spiro atoms. The molecule has 9 nitrogen and oxygen atoms in total. The monoisotopic (exact) mass is 634 g/mol. The number of aromatic amines is 1. The van der Waals surface area contributed by atoms with E-state index in [0.717, 1.165) is 35.2 Å². The van der Waals surface area contributed by atoms with Gasteiger partial charge in [0.15, 0.2) is 0 Å². The van der Waals surface area contributed by atoms with Crippen molar-refractivity contribution < 1.29 is 18.7 Å². The number of piperidine rings is 1. The highest BCUT2D eigenvalue weighted by molar-refractivity contribution is 9.10. The Balaban J connectivity index is 1.35. The van der Waals surface area contributed by atoms with Gasteiger partial charge in [-0.2, -0.15) is 4.99 Å². The first-order valence-corrected chi connectivity index (χ1v) is 15.0. The number of likely N-dealkylation sites (tertiary alicyclic amines) is 1. The van der Waals surface area contributed by atoms with E-state index >= 15 is 0 Å². The van der Waals surface area contributed by atoms with Crippen LogP contribution in [0.15, 0.2) is 70.3 Å². The van der Waals surface area contributed by atoms with Gasteiger partial charge in [0.05, 0.1) is 22.6 Å². The van der Waals surface area contributed by atoms with Gasteiger partial charge in [0.2, 0.25) is 17.4 Å². The molecule has 1 aliphatic heterocycles. The number of pyridine rings is 1. The number of amides is 2. The maximum atomic E-state index is 13.5. The number of hydrogen-bond donors (Lipinski definition) is 2. The van der Waals surface area contributed by atoms with Gasteiger partial charge in [0.1, 0.15) is 12.4 Å². The lowest BCUT2D eigenvalue weighted by Crippen LogP contribution is -2.53. The normalized spacial score (nSPS) is 21.3. The minimum Gasteiger partial charge on any atom is -0.476 e. The van der Waals surface area contributed by atoms with Crippen molar-refractivity contribution in [3.63, 3.8) is 0 Å². The molecule has 1 aliphatic carbocycles. The highest BCUT2D eigenvalue weighted by atomic mass is 79.9. The van der Waals surface area contributed by atoms with Crippen molar-refractivity contribution in [1.29, 1.82) is 0 Å². The van der Waals surface area contributed by atoms with Gasteiger partial charge in [-0.05, 0) is 80.7 Å². The van der Waals surface area contributed by atoms with Gasteiger partial charge in [0, 0.05) is 28.7 Å². The maximum Gasteiger partial charge on any atom is 0.280 e. The van der Waals surface area contributed by atoms with E-state index in [9.17, 15) is 14.0 Å². The van der Waals surface area contributed by atoms with Crippen molar-refractivity contribution in [2.75, 3.05) is 26.2 Å². The lowest BCUT2D eigenvalue weighted by atomic mass is 9.61. The first-order chi connectivity index (χ1) is 20.3. The highest BCUT2D eigenvalue weighted by Crippen LogP contribution is 2.51. The molecule has 3 N–H and O–H groups in total. The number of hydrogen-bond acceptors (Lipinski definition) is 5. The molecule has 1 saturated carbocycles. The predicted molar refractivity (Wildman–Crippen MR) is 159 cm³/mol. The number of fused-ring (bicyclic) bond motifs is 1. The average Bonchev–Trinajstić information content (AvgIpc) is 3.30. The number of carbonyl (C=O) groups is 2. The van der Waals surface area contributed by atoms with Crippen LogP contribution in [-0.4, -0.2) is 57.5 Å². The van der Waals surface area contributed by atoms with Crippen molar-refractivity contribution >= 4 is 38.8 Å². The van der Waals surface area contributed by atoms with Crippen LogP contribution in [0.1, 0.15) is 54.1 Å². The number of aromatic nitrogens is 3. The Hall–Kier alpha value is -3.83. The topological polar surface area (TPSA) is 119 Å². The van der Waals surface area contributed by atoms with E-state index in [0.29, 0.717) is 36.5 Å². The fourth-order valence-corrected chi connectivity index (χ4v) is 6.45. The van der Waals surface area contributed by atoms with E-state index < -0.39 is 23.0 Å². The molecule has 0 bridgehead atoms. The molecular formula is C31H32BrFN6O3. The summed E-state index contributed by atoms with van der Waals surface area (Å²) in [5.74, 6) is -0.887. The van der Waals surface area contributed by atoms with Crippen LogP contribution in [-0.2, 0) is 10.2 Å². The Bertz CT molecular complexity index is 1690. The number of primary amides is 1. The van der Waals surface area contributed by atoms with E-state index in [2.05, 4.69) is 35.8 Å². The second-order valence-corrected chi connectivity index (χ2v) is 12.0. The molecule has 2 aromatic heterocycles. The Morgan fingerprint density at radius 2 is 1.88 bits per heavy atom. The summed E-state index contributed by atoms with van der Waals surface area (Å²) in [7, 11) is 0. The molecule has 0 atom stereocenters. The molecule has 3 heterocycles. The van der Waals surface area contributed by atoms with Crippen LogP contribution >= 0.6 is 15.9 Å². The molecule has 4 aromatic rings. The number of benzene rings is 2. The smallest absolute Gasteiger partial charge is 0.280 e. The summed E-state index contributed by atoms with van der Waals surface area (Å²) in [6.45, 7) is 3.51. The van der Waals surface area contributed by atoms with Crippen LogP contribution in [0.4, 0.5) is 4.39 Å². The molecule has 2 aliphatic rings. The third-order valence-electron chi connectivity index (χ3n) is 8.38. The highest BCUT2D eigenvalue weighted by Gasteiger charge is 2.51. The first kappa shape index (κ1) is 28.3. The summed E-state index contributed by atoms with van der Waals surface area (Å²) in [6.07, 6.45) is 6.22. The summed E-state index contributed by atoms with van der Waals surface area (Å²) in [6, 6.07) is 14.5. The third kappa shape index (κ3) is 5.63. The van der Waals surface area contributed by atoms with Crippen molar-refractivity contribution in [3.8, 4) is 5.88 Å². The van der Waals surface area contributed by atoms with E-state index in [4.69, 9.17) is 10.5 Å². The van der Waals surface area contributed by atoms with Crippen molar-refractivity contribution in [2.24, 2.45) is 10.7 Å². The zero-order valence-electron chi connectivity index (χ0n) is 23.1.